The Bertz CT molecular complexity index is 1540. The zero-order chi connectivity index (χ0) is 24.1. The van der Waals surface area contributed by atoms with Gasteiger partial charge in [-0.05, 0) is 55.3 Å². The van der Waals surface area contributed by atoms with Crippen molar-refractivity contribution < 1.29 is 9.84 Å². The molecule has 5 heterocycles. The first-order chi connectivity index (χ1) is 17.0. The monoisotopic (exact) mass is 469 g/mol. The summed E-state index contributed by atoms with van der Waals surface area (Å²) >= 11 is 0. The van der Waals surface area contributed by atoms with Gasteiger partial charge in [0.25, 0.3) is 0 Å². The Balaban J connectivity index is 1.61. The van der Waals surface area contributed by atoms with Crippen LogP contribution in [-0.2, 0) is 18.4 Å². The molecule has 0 amide bonds. The van der Waals surface area contributed by atoms with Gasteiger partial charge in [0, 0.05) is 36.3 Å². The number of nitrogens with zero attached hydrogens (tertiary/aromatic N) is 6. The van der Waals surface area contributed by atoms with E-state index in [1.165, 1.54) is 0 Å². The molecule has 0 radical (unpaired) electrons. The van der Waals surface area contributed by atoms with Crippen molar-refractivity contribution in [2.75, 3.05) is 24.7 Å². The van der Waals surface area contributed by atoms with Crippen molar-refractivity contribution in [1.29, 1.82) is 0 Å². The van der Waals surface area contributed by atoms with Gasteiger partial charge in [0.2, 0.25) is 0 Å². The second kappa shape index (κ2) is 8.44. The van der Waals surface area contributed by atoms with Crippen molar-refractivity contribution in [2.24, 2.45) is 7.05 Å². The number of hydrogen-bond donors (Lipinski definition) is 2. The van der Waals surface area contributed by atoms with Crippen molar-refractivity contribution in [3.05, 3.63) is 53.9 Å². The van der Waals surface area contributed by atoms with Crippen LogP contribution in [0.1, 0.15) is 18.1 Å². The normalized spacial score (nSPS) is 16.5. The molecule has 1 fully saturated rings. The number of H-pyrrole nitrogens is 1. The topological polar surface area (TPSA) is 105 Å². The summed E-state index contributed by atoms with van der Waals surface area (Å²) in [4.78, 5) is 20.6. The summed E-state index contributed by atoms with van der Waals surface area (Å²) in [6, 6.07) is 10.1. The third-order valence-corrected chi connectivity index (χ3v) is 6.68. The van der Waals surface area contributed by atoms with E-state index in [4.69, 9.17) is 19.7 Å². The van der Waals surface area contributed by atoms with Crippen LogP contribution in [-0.4, -0.2) is 60.6 Å². The predicted molar refractivity (Wildman–Crippen MR) is 135 cm³/mol. The number of aliphatic hydroxyl groups is 1. The summed E-state index contributed by atoms with van der Waals surface area (Å²) < 4.78 is 7.55. The van der Waals surface area contributed by atoms with Crippen LogP contribution in [0.25, 0.3) is 44.7 Å². The standard InChI is InChI=1S/C26H27N7O2/c1-15-12-28-32(3)24(15)21-5-4-20-23(29-21)26(33-8-9-35-14-16(33)2)31-25(30-20)19-10-17(13-34)11-22-18(19)6-7-27-22/h4-7,10-12,16,27,34H,8-9,13-14H2,1-3H3/t16-/m1/s1. The molecule has 6 rings (SSSR count). The number of hydrogen-bond acceptors (Lipinski definition) is 7. The summed E-state index contributed by atoms with van der Waals surface area (Å²) in [6.07, 6.45) is 3.74. The molecule has 178 valence electrons. The first-order valence-corrected chi connectivity index (χ1v) is 11.8. The Hall–Kier alpha value is -3.82. The lowest BCUT2D eigenvalue weighted by Crippen LogP contribution is -2.44. The van der Waals surface area contributed by atoms with Crippen molar-refractivity contribution in [1.82, 2.24) is 29.7 Å². The number of nitrogens with one attached hydrogen (secondary N) is 1. The maximum Gasteiger partial charge on any atom is 0.162 e. The molecule has 1 aliphatic rings. The molecule has 1 saturated heterocycles. The molecule has 0 aliphatic carbocycles. The molecule has 1 atom stereocenters. The van der Waals surface area contributed by atoms with Crippen LogP contribution >= 0.6 is 0 Å². The van der Waals surface area contributed by atoms with E-state index in [1.807, 2.05) is 61.4 Å². The average Bonchev–Trinajstić information content (AvgIpc) is 3.48. The quantitative estimate of drug-likeness (QED) is 0.414. The van der Waals surface area contributed by atoms with E-state index in [0.29, 0.717) is 19.0 Å². The highest BCUT2D eigenvalue weighted by molar-refractivity contribution is 5.96. The van der Waals surface area contributed by atoms with Crippen LogP contribution in [0.15, 0.2) is 42.7 Å². The third-order valence-electron chi connectivity index (χ3n) is 6.68. The Kier molecular flexibility index (Phi) is 5.23. The molecule has 4 aromatic heterocycles. The molecule has 9 heteroatoms. The number of aromatic nitrogens is 6. The molecule has 35 heavy (non-hydrogen) atoms. The fraction of sp³-hybridized carbons (Fsp3) is 0.308. The van der Waals surface area contributed by atoms with Gasteiger partial charge in [-0.2, -0.15) is 5.10 Å². The molecule has 9 nitrogen and oxygen atoms in total. The van der Waals surface area contributed by atoms with Gasteiger partial charge in [-0.15, -0.1) is 0 Å². The van der Waals surface area contributed by atoms with Gasteiger partial charge in [0.15, 0.2) is 11.6 Å². The van der Waals surface area contributed by atoms with E-state index in [0.717, 1.165) is 62.4 Å². The van der Waals surface area contributed by atoms with Gasteiger partial charge in [-0.25, -0.2) is 15.0 Å². The molecule has 2 N–H and O–H groups in total. The highest BCUT2D eigenvalue weighted by atomic mass is 16.5. The van der Waals surface area contributed by atoms with Crippen LogP contribution in [0.5, 0.6) is 0 Å². The number of pyridine rings is 1. The van der Waals surface area contributed by atoms with Crippen molar-refractivity contribution in [3.63, 3.8) is 0 Å². The molecular weight excluding hydrogens is 442 g/mol. The van der Waals surface area contributed by atoms with E-state index in [9.17, 15) is 5.11 Å². The average molecular weight is 470 g/mol. The molecular formula is C26H27N7O2. The number of morpholine rings is 1. The van der Waals surface area contributed by atoms with Crippen molar-refractivity contribution in [2.45, 2.75) is 26.5 Å². The number of ether oxygens (including phenoxy) is 1. The fourth-order valence-corrected chi connectivity index (χ4v) is 4.91. The highest BCUT2D eigenvalue weighted by Gasteiger charge is 2.25. The molecule has 1 aromatic carbocycles. The second-order valence-corrected chi connectivity index (χ2v) is 9.09. The summed E-state index contributed by atoms with van der Waals surface area (Å²) in [5.41, 5.74) is 7.02. The third kappa shape index (κ3) is 3.64. The van der Waals surface area contributed by atoms with Gasteiger partial charge < -0.3 is 19.7 Å². The number of aliphatic hydroxyl groups excluding tert-OH is 1. The minimum absolute atomic E-state index is 0.0577. The zero-order valence-electron chi connectivity index (χ0n) is 20.0. The van der Waals surface area contributed by atoms with Crippen LogP contribution in [0, 0.1) is 6.92 Å². The number of fused-ring (bicyclic) bond motifs is 2. The van der Waals surface area contributed by atoms with Crippen molar-refractivity contribution >= 4 is 27.8 Å². The maximum atomic E-state index is 9.84. The Labute approximate surface area is 202 Å². The number of benzene rings is 1. The summed E-state index contributed by atoms with van der Waals surface area (Å²) in [7, 11) is 1.93. The van der Waals surface area contributed by atoms with E-state index in [1.54, 1.807) is 0 Å². The first-order valence-electron chi connectivity index (χ1n) is 11.8. The predicted octanol–water partition coefficient (Wildman–Crippen LogP) is 3.60. The minimum atomic E-state index is -0.0577. The molecule has 1 aliphatic heterocycles. The Morgan fingerprint density at radius 3 is 2.83 bits per heavy atom. The summed E-state index contributed by atoms with van der Waals surface area (Å²) in [5, 5.41) is 15.2. The molecule has 5 aromatic rings. The Morgan fingerprint density at radius 1 is 1.17 bits per heavy atom. The van der Waals surface area contributed by atoms with E-state index in [2.05, 4.69) is 21.9 Å². The SMILES string of the molecule is Cc1cnn(C)c1-c1ccc2nc(-c3cc(CO)cc4[nH]ccc34)nc(N3CCOC[C@H]3C)c2n1. The highest BCUT2D eigenvalue weighted by Crippen LogP contribution is 2.34. The molecule has 0 saturated carbocycles. The van der Waals surface area contributed by atoms with E-state index < -0.39 is 0 Å². The lowest BCUT2D eigenvalue weighted by Gasteiger charge is -2.34. The number of anilines is 1. The van der Waals surface area contributed by atoms with E-state index in [-0.39, 0.29) is 12.6 Å². The molecule has 0 bridgehead atoms. The largest absolute Gasteiger partial charge is 0.392 e. The maximum absolute atomic E-state index is 9.84. The number of rotatable bonds is 4. The van der Waals surface area contributed by atoms with Crippen LogP contribution < -0.4 is 4.90 Å². The fourth-order valence-electron chi connectivity index (χ4n) is 4.91. The van der Waals surface area contributed by atoms with Crippen LogP contribution in [0.2, 0.25) is 0 Å². The summed E-state index contributed by atoms with van der Waals surface area (Å²) in [6.45, 7) is 6.10. The summed E-state index contributed by atoms with van der Waals surface area (Å²) in [5.74, 6) is 1.40. The van der Waals surface area contributed by atoms with Gasteiger partial charge >= 0.3 is 0 Å². The zero-order valence-corrected chi connectivity index (χ0v) is 20.0. The van der Waals surface area contributed by atoms with Gasteiger partial charge in [-0.1, -0.05) is 0 Å². The van der Waals surface area contributed by atoms with Gasteiger partial charge in [-0.3, -0.25) is 4.68 Å². The van der Waals surface area contributed by atoms with Crippen LogP contribution in [0.4, 0.5) is 5.82 Å². The van der Waals surface area contributed by atoms with Gasteiger partial charge in [0.05, 0.1) is 49.0 Å². The first kappa shape index (κ1) is 21.7. The molecule has 0 unspecified atom stereocenters. The Morgan fingerprint density at radius 2 is 2.06 bits per heavy atom. The van der Waals surface area contributed by atoms with Crippen LogP contribution in [0.3, 0.4) is 0 Å². The van der Waals surface area contributed by atoms with Crippen molar-refractivity contribution in [3.8, 4) is 22.8 Å². The lowest BCUT2D eigenvalue weighted by molar-refractivity contribution is 0.0987. The molecule has 0 spiro atoms. The smallest absolute Gasteiger partial charge is 0.162 e. The van der Waals surface area contributed by atoms with E-state index >= 15 is 0 Å². The number of aryl methyl sites for hydroxylation is 2. The van der Waals surface area contributed by atoms with Gasteiger partial charge in [0.1, 0.15) is 5.52 Å². The lowest BCUT2D eigenvalue weighted by atomic mass is 10.1. The second-order valence-electron chi connectivity index (χ2n) is 9.09. The minimum Gasteiger partial charge on any atom is -0.392 e. The number of aromatic amines is 1.